The number of aryl methyl sites for hydroxylation is 1. The van der Waals surface area contributed by atoms with Crippen molar-refractivity contribution in [3.05, 3.63) is 218 Å². The molecule has 4 heteroatoms. The normalized spacial score (nSPS) is 12.6. The number of aromatic nitrogens is 1. The molecule has 10 aromatic carbocycles. The number of rotatable bonds is 8. The molecule has 0 fully saturated rings. The summed E-state index contributed by atoms with van der Waals surface area (Å²) in [5.74, 6) is 0. The maximum atomic E-state index is 2.70. The van der Waals surface area contributed by atoms with E-state index in [9.17, 15) is 0 Å². The highest BCUT2D eigenvalue weighted by molar-refractivity contribution is 6.90. The van der Waals surface area contributed by atoms with Crippen LogP contribution in [0.25, 0.3) is 65.6 Å². The highest BCUT2D eigenvalue weighted by atomic mass is 15.2. The third kappa shape index (κ3) is 5.55. The van der Waals surface area contributed by atoms with E-state index in [1.807, 2.05) is 0 Å². The van der Waals surface area contributed by atoms with E-state index in [4.69, 9.17) is 0 Å². The van der Waals surface area contributed by atoms with E-state index in [2.05, 4.69) is 234 Å². The van der Waals surface area contributed by atoms with Gasteiger partial charge in [-0.25, -0.2) is 0 Å². The Hall–Kier alpha value is -7.82. The molecular formula is C60H44BN3. The van der Waals surface area contributed by atoms with Crippen LogP contribution < -0.4 is 20.7 Å². The number of fused-ring (bicyclic) bond motifs is 10. The van der Waals surface area contributed by atoms with Gasteiger partial charge in [-0.3, -0.25) is 0 Å². The average Bonchev–Trinajstić information content (AvgIpc) is 3.68. The molecule has 2 aliphatic heterocycles. The van der Waals surface area contributed by atoms with E-state index < -0.39 is 0 Å². The molecule has 3 nitrogen and oxygen atoms in total. The van der Waals surface area contributed by atoms with Crippen molar-refractivity contribution in [1.29, 1.82) is 0 Å². The zero-order chi connectivity index (χ0) is 42.3. The molecule has 0 aliphatic carbocycles. The molecule has 0 N–H and O–H groups in total. The monoisotopic (exact) mass is 817 g/mol. The third-order valence-electron chi connectivity index (χ3n) is 13.8. The second-order valence-corrected chi connectivity index (χ2v) is 17.5. The maximum absolute atomic E-state index is 2.70. The second kappa shape index (κ2) is 14.6. The minimum Gasteiger partial charge on any atom is -0.375 e. The smallest absolute Gasteiger partial charge is 0.333 e. The Morgan fingerprint density at radius 2 is 1.14 bits per heavy atom. The molecule has 302 valence electrons. The van der Waals surface area contributed by atoms with Crippen molar-refractivity contribution in [3.63, 3.8) is 0 Å². The van der Waals surface area contributed by atoms with Crippen molar-refractivity contribution in [3.8, 4) is 22.3 Å². The Morgan fingerprint density at radius 1 is 0.469 bits per heavy atom. The number of unbranched alkanes of at least 4 members (excludes halogenated alkanes) is 1. The van der Waals surface area contributed by atoms with Gasteiger partial charge in [0.05, 0.1) is 5.69 Å². The molecule has 0 saturated heterocycles. The van der Waals surface area contributed by atoms with Crippen molar-refractivity contribution >= 4 is 95.2 Å². The summed E-state index contributed by atoms with van der Waals surface area (Å²) in [5.41, 5.74) is 18.6. The number of benzene rings is 10. The van der Waals surface area contributed by atoms with Crippen molar-refractivity contribution < 1.29 is 0 Å². The van der Waals surface area contributed by atoms with Crippen LogP contribution in [0.15, 0.2) is 212 Å². The molecule has 0 bridgehead atoms. The predicted molar refractivity (Wildman–Crippen MR) is 274 cm³/mol. The maximum Gasteiger partial charge on any atom is 0.333 e. The van der Waals surface area contributed by atoms with Gasteiger partial charge in [-0.1, -0.05) is 159 Å². The lowest BCUT2D eigenvalue weighted by atomic mass is 9.44. The first-order valence-electron chi connectivity index (χ1n) is 22.8. The van der Waals surface area contributed by atoms with Crippen LogP contribution in [0.5, 0.6) is 0 Å². The van der Waals surface area contributed by atoms with Gasteiger partial charge in [-0.2, -0.15) is 0 Å². The zero-order valence-electron chi connectivity index (χ0n) is 35.7. The molecule has 13 rings (SSSR count). The fourth-order valence-electron chi connectivity index (χ4n) is 11.0. The SMILES string of the molecule is CCCCc1ccc(N2c3cc(N(c4ccccc4)c4ccccc4)ccc3B3c4c2cc2ccccc2c4-c2cccc4c5cc6ccccc6cc5n3c24)c(-c2ccccc2)c1. The lowest BCUT2D eigenvalue weighted by molar-refractivity contribution is 0.795. The Labute approximate surface area is 374 Å². The lowest BCUT2D eigenvalue weighted by Crippen LogP contribution is -2.56. The van der Waals surface area contributed by atoms with Crippen molar-refractivity contribution in [2.75, 3.05) is 9.80 Å². The Balaban J connectivity index is 1.18. The van der Waals surface area contributed by atoms with Crippen molar-refractivity contribution in [1.82, 2.24) is 4.48 Å². The molecule has 0 unspecified atom stereocenters. The fraction of sp³-hybridized carbons (Fsp3) is 0.0667. The Bertz CT molecular complexity index is 3570. The van der Waals surface area contributed by atoms with Crippen LogP contribution in [-0.2, 0) is 6.42 Å². The highest BCUT2D eigenvalue weighted by Crippen LogP contribution is 2.50. The quantitative estimate of drug-likeness (QED) is 0.142. The topological polar surface area (TPSA) is 11.4 Å². The van der Waals surface area contributed by atoms with Gasteiger partial charge in [0.2, 0.25) is 0 Å². The molecule has 0 saturated carbocycles. The molecular weight excluding hydrogens is 773 g/mol. The largest absolute Gasteiger partial charge is 0.375 e. The van der Waals surface area contributed by atoms with Gasteiger partial charge in [0.25, 0.3) is 0 Å². The summed E-state index contributed by atoms with van der Waals surface area (Å²) in [6, 6.07) is 79.3. The Kier molecular flexibility index (Phi) is 8.42. The van der Waals surface area contributed by atoms with Gasteiger partial charge in [-0.15, -0.1) is 0 Å². The summed E-state index contributed by atoms with van der Waals surface area (Å²) >= 11 is 0. The molecule has 0 spiro atoms. The van der Waals surface area contributed by atoms with Crippen LogP contribution in [0.4, 0.5) is 34.1 Å². The first-order chi connectivity index (χ1) is 31.7. The van der Waals surface area contributed by atoms with Crippen LogP contribution in [0, 0.1) is 0 Å². The molecule has 1 aromatic heterocycles. The van der Waals surface area contributed by atoms with Crippen molar-refractivity contribution in [2.24, 2.45) is 0 Å². The minimum atomic E-state index is -0.0862. The number of hydrogen-bond acceptors (Lipinski definition) is 2. The van der Waals surface area contributed by atoms with Gasteiger partial charge < -0.3 is 14.3 Å². The predicted octanol–water partition coefficient (Wildman–Crippen LogP) is 15.0. The summed E-state index contributed by atoms with van der Waals surface area (Å²) in [7, 11) is 0. The van der Waals surface area contributed by atoms with E-state index >= 15 is 0 Å². The first kappa shape index (κ1) is 36.8. The second-order valence-electron chi connectivity index (χ2n) is 17.5. The molecule has 0 amide bonds. The molecule has 0 atom stereocenters. The summed E-state index contributed by atoms with van der Waals surface area (Å²) < 4.78 is 2.70. The molecule has 3 heterocycles. The fourth-order valence-corrected chi connectivity index (χ4v) is 11.0. The van der Waals surface area contributed by atoms with Gasteiger partial charge in [-0.05, 0) is 129 Å². The summed E-state index contributed by atoms with van der Waals surface area (Å²) in [5, 5.41) is 7.64. The molecule has 11 aromatic rings. The van der Waals surface area contributed by atoms with Crippen LogP contribution in [0.3, 0.4) is 0 Å². The van der Waals surface area contributed by atoms with E-state index in [1.54, 1.807) is 0 Å². The molecule has 2 aliphatic rings. The van der Waals surface area contributed by atoms with E-state index in [0.29, 0.717) is 0 Å². The number of nitrogens with zero attached hydrogens (tertiary/aromatic N) is 3. The van der Waals surface area contributed by atoms with Crippen molar-refractivity contribution in [2.45, 2.75) is 26.2 Å². The van der Waals surface area contributed by atoms with E-state index in [1.165, 1.54) is 99.2 Å². The first-order valence-corrected chi connectivity index (χ1v) is 22.8. The van der Waals surface area contributed by atoms with E-state index in [-0.39, 0.29) is 6.85 Å². The van der Waals surface area contributed by atoms with Crippen LogP contribution in [0.2, 0.25) is 0 Å². The summed E-state index contributed by atoms with van der Waals surface area (Å²) in [6.07, 6.45) is 3.37. The van der Waals surface area contributed by atoms with Gasteiger partial charge >= 0.3 is 6.85 Å². The van der Waals surface area contributed by atoms with Crippen LogP contribution >= 0.6 is 0 Å². The minimum absolute atomic E-state index is 0.0862. The van der Waals surface area contributed by atoms with Crippen LogP contribution in [0.1, 0.15) is 25.3 Å². The van der Waals surface area contributed by atoms with Gasteiger partial charge in [0, 0.05) is 61.4 Å². The molecule has 0 radical (unpaired) electrons. The Morgan fingerprint density at radius 3 is 1.89 bits per heavy atom. The molecule has 64 heavy (non-hydrogen) atoms. The number of hydrogen-bond donors (Lipinski definition) is 0. The third-order valence-corrected chi connectivity index (χ3v) is 13.8. The summed E-state index contributed by atoms with van der Waals surface area (Å²) in [4.78, 5) is 5.02. The van der Waals surface area contributed by atoms with Crippen LogP contribution in [-0.4, -0.2) is 11.3 Å². The number of anilines is 6. The summed E-state index contributed by atoms with van der Waals surface area (Å²) in [6.45, 7) is 2.20. The average molecular weight is 818 g/mol. The van der Waals surface area contributed by atoms with E-state index in [0.717, 1.165) is 36.3 Å². The van der Waals surface area contributed by atoms with Gasteiger partial charge in [0.1, 0.15) is 0 Å². The standard InChI is InChI=1S/C60H44BN3/c1-2-3-18-40-31-34-54(51(35-40)41-19-7-4-8-20-41)63-56-39-47(62(45-24-9-5-10-25-45)46-26-11-6-12-27-46)32-33-53(56)61-59-57(63)38-44-23-15-16-28-48(44)58(59)50-30-17-29-49-52-36-42-21-13-14-22-43(42)37-55(52)64(61)60(49)50/h4-17,19-39H,2-3,18H2,1H3. The zero-order valence-corrected chi connectivity index (χ0v) is 35.7. The lowest BCUT2D eigenvalue weighted by Gasteiger charge is -2.42. The number of para-hydroxylation sites is 3. The highest BCUT2D eigenvalue weighted by Gasteiger charge is 2.44. The van der Waals surface area contributed by atoms with Gasteiger partial charge in [0.15, 0.2) is 0 Å².